The van der Waals surface area contributed by atoms with Gasteiger partial charge in [-0.2, -0.15) is 5.10 Å². The molecular formula is C27H24FN7O3. The molecule has 10 nitrogen and oxygen atoms in total. The van der Waals surface area contributed by atoms with Crippen molar-refractivity contribution in [1.29, 1.82) is 0 Å². The molecule has 11 heteroatoms. The summed E-state index contributed by atoms with van der Waals surface area (Å²) in [6, 6.07) is 12.9. The topological polar surface area (TPSA) is 107 Å². The number of amides is 2. The molecule has 0 saturated carbocycles. The van der Waals surface area contributed by atoms with Crippen LogP contribution in [0.2, 0.25) is 0 Å². The number of carbonyl (C=O) groups excluding carboxylic acids is 2. The van der Waals surface area contributed by atoms with Crippen molar-refractivity contribution in [3.8, 4) is 11.4 Å². The monoisotopic (exact) mass is 513 g/mol. The van der Waals surface area contributed by atoms with Crippen LogP contribution in [0.3, 0.4) is 0 Å². The highest BCUT2D eigenvalue weighted by atomic mass is 19.1. The van der Waals surface area contributed by atoms with Crippen LogP contribution in [-0.2, 0) is 7.05 Å². The van der Waals surface area contributed by atoms with E-state index in [1.54, 1.807) is 63.1 Å². The lowest BCUT2D eigenvalue weighted by atomic mass is 10.1. The summed E-state index contributed by atoms with van der Waals surface area (Å²) in [6.07, 6.45) is 4.82. The molecule has 0 radical (unpaired) electrons. The fourth-order valence-electron chi connectivity index (χ4n) is 4.17. The maximum Gasteiger partial charge on any atom is 0.275 e. The quantitative estimate of drug-likeness (QED) is 0.366. The van der Waals surface area contributed by atoms with Crippen LogP contribution in [0, 0.1) is 12.7 Å². The number of nitrogens with zero attached hydrogens (tertiary/aromatic N) is 6. The number of pyridine rings is 1. The number of anilines is 2. The molecule has 0 aliphatic carbocycles. The van der Waals surface area contributed by atoms with Gasteiger partial charge in [-0.05, 0) is 55.0 Å². The van der Waals surface area contributed by atoms with Gasteiger partial charge < -0.3 is 15.0 Å². The SMILES string of the molecule is COc1cc(N(C)C(=O)c2cc(C)c3ncn(-c4ccc(NC(=O)c5ccnn5C)nc4)c3c2)ccc1F. The molecule has 3 heterocycles. The molecule has 5 rings (SSSR count). The Morgan fingerprint density at radius 2 is 1.89 bits per heavy atom. The molecule has 2 aromatic carbocycles. The molecule has 2 amide bonds. The third-order valence-corrected chi connectivity index (χ3v) is 6.24. The Balaban J connectivity index is 1.43. The van der Waals surface area contributed by atoms with Crippen molar-refractivity contribution >= 4 is 34.4 Å². The number of halogens is 1. The molecule has 3 aromatic heterocycles. The summed E-state index contributed by atoms with van der Waals surface area (Å²) < 4.78 is 22.2. The number of imidazole rings is 1. The maximum atomic E-state index is 13.9. The second-order valence-electron chi connectivity index (χ2n) is 8.65. The van der Waals surface area contributed by atoms with Crippen molar-refractivity contribution in [2.24, 2.45) is 7.05 Å². The maximum absolute atomic E-state index is 13.9. The fourth-order valence-corrected chi connectivity index (χ4v) is 4.17. The summed E-state index contributed by atoms with van der Waals surface area (Å²) in [5, 5.41) is 6.75. The normalized spacial score (nSPS) is 11.0. The van der Waals surface area contributed by atoms with E-state index in [0.717, 1.165) is 11.1 Å². The van der Waals surface area contributed by atoms with Crippen LogP contribution in [-0.4, -0.2) is 50.3 Å². The highest BCUT2D eigenvalue weighted by Gasteiger charge is 2.19. The predicted molar refractivity (Wildman–Crippen MR) is 140 cm³/mol. The molecule has 0 atom stereocenters. The first-order valence-electron chi connectivity index (χ1n) is 11.6. The molecule has 192 valence electrons. The van der Waals surface area contributed by atoms with Crippen molar-refractivity contribution < 1.29 is 18.7 Å². The highest BCUT2D eigenvalue weighted by Crippen LogP contribution is 2.27. The van der Waals surface area contributed by atoms with Crippen LogP contribution in [0.15, 0.2) is 67.3 Å². The number of rotatable bonds is 6. The number of fused-ring (bicyclic) bond motifs is 1. The molecule has 1 N–H and O–H groups in total. The minimum absolute atomic E-state index is 0.0549. The lowest BCUT2D eigenvalue weighted by molar-refractivity contribution is 0.0990. The van der Waals surface area contributed by atoms with Crippen LogP contribution < -0.4 is 15.0 Å². The van der Waals surface area contributed by atoms with E-state index in [1.165, 1.54) is 34.9 Å². The van der Waals surface area contributed by atoms with Crippen LogP contribution in [0.25, 0.3) is 16.7 Å². The summed E-state index contributed by atoms with van der Waals surface area (Å²) in [5.41, 5.74) is 4.32. The van der Waals surface area contributed by atoms with Crippen molar-refractivity contribution in [3.05, 3.63) is 89.9 Å². The van der Waals surface area contributed by atoms with E-state index in [-0.39, 0.29) is 17.6 Å². The van der Waals surface area contributed by atoms with Crippen LogP contribution >= 0.6 is 0 Å². The summed E-state index contributed by atoms with van der Waals surface area (Å²) >= 11 is 0. The van der Waals surface area contributed by atoms with Crippen molar-refractivity contribution in [1.82, 2.24) is 24.3 Å². The zero-order chi connectivity index (χ0) is 27.0. The number of methoxy groups -OCH3 is 1. The van der Waals surface area contributed by atoms with Gasteiger partial charge in [-0.3, -0.25) is 18.8 Å². The number of benzene rings is 2. The average Bonchev–Trinajstić information content (AvgIpc) is 3.55. The van der Waals surface area contributed by atoms with Gasteiger partial charge in [0.05, 0.1) is 30.0 Å². The van der Waals surface area contributed by atoms with Gasteiger partial charge in [0.15, 0.2) is 11.6 Å². The Hall–Kier alpha value is -5.06. The zero-order valence-corrected chi connectivity index (χ0v) is 21.1. The minimum Gasteiger partial charge on any atom is -0.494 e. The number of aromatic nitrogens is 5. The third kappa shape index (κ3) is 4.45. The Bertz CT molecular complexity index is 1670. The van der Waals surface area contributed by atoms with Crippen LogP contribution in [0.5, 0.6) is 5.75 Å². The summed E-state index contributed by atoms with van der Waals surface area (Å²) in [7, 11) is 4.68. The van der Waals surface area contributed by atoms with Gasteiger partial charge in [0.2, 0.25) is 0 Å². The number of hydrogen-bond donors (Lipinski definition) is 1. The molecule has 0 spiro atoms. The Labute approximate surface area is 217 Å². The molecule has 5 aromatic rings. The van der Waals surface area contributed by atoms with Gasteiger partial charge in [-0.25, -0.2) is 14.4 Å². The van der Waals surface area contributed by atoms with E-state index < -0.39 is 5.82 Å². The molecule has 0 fully saturated rings. The standard InChI is InChI=1S/C27H24FN7O3/c1-16-11-17(27(37)33(2)18-5-7-20(28)23(13-18)38-4)12-22-25(16)30-15-35(22)19-6-8-24(29-14-19)32-26(36)21-9-10-31-34(21)3/h5-15H,1-4H3,(H,29,32,36). The molecule has 0 unspecified atom stereocenters. The van der Waals surface area contributed by atoms with Crippen LogP contribution in [0.4, 0.5) is 15.9 Å². The second kappa shape index (κ2) is 9.77. The van der Waals surface area contributed by atoms with Gasteiger partial charge in [-0.1, -0.05) is 0 Å². The lowest BCUT2D eigenvalue weighted by Gasteiger charge is -2.19. The second-order valence-corrected chi connectivity index (χ2v) is 8.65. The Morgan fingerprint density at radius 3 is 2.58 bits per heavy atom. The van der Waals surface area contributed by atoms with E-state index in [4.69, 9.17) is 4.74 Å². The van der Waals surface area contributed by atoms with E-state index in [9.17, 15) is 14.0 Å². The smallest absolute Gasteiger partial charge is 0.275 e. The van der Waals surface area contributed by atoms with Gasteiger partial charge in [0.25, 0.3) is 11.8 Å². The first-order chi connectivity index (χ1) is 18.3. The van der Waals surface area contributed by atoms with Gasteiger partial charge >= 0.3 is 0 Å². The number of ether oxygens (including phenoxy) is 1. The third-order valence-electron chi connectivity index (χ3n) is 6.24. The summed E-state index contributed by atoms with van der Waals surface area (Å²) in [4.78, 5) is 36.1. The molecule has 0 bridgehead atoms. The van der Waals surface area contributed by atoms with E-state index in [2.05, 4.69) is 20.4 Å². The first-order valence-corrected chi connectivity index (χ1v) is 11.6. The number of aryl methyl sites for hydroxylation is 2. The largest absolute Gasteiger partial charge is 0.494 e. The van der Waals surface area contributed by atoms with Crippen molar-refractivity contribution in [2.45, 2.75) is 6.92 Å². The molecule has 0 aliphatic heterocycles. The molecule has 0 saturated heterocycles. The summed E-state index contributed by atoms with van der Waals surface area (Å²) in [6.45, 7) is 1.88. The van der Waals surface area contributed by atoms with Crippen molar-refractivity contribution in [2.75, 3.05) is 24.4 Å². The number of nitrogens with one attached hydrogen (secondary N) is 1. The lowest BCUT2D eigenvalue weighted by Crippen LogP contribution is -2.26. The van der Waals surface area contributed by atoms with Crippen molar-refractivity contribution in [3.63, 3.8) is 0 Å². The van der Waals surface area contributed by atoms with Crippen LogP contribution in [0.1, 0.15) is 26.4 Å². The molecule has 0 aliphatic rings. The minimum atomic E-state index is -0.505. The van der Waals surface area contributed by atoms with E-state index >= 15 is 0 Å². The Morgan fingerprint density at radius 1 is 1.08 bits per heavy atom. The van der Waals surface area contributed by atoms with E-state index in [1.807, 2.05) is 11.5 Å². The molecular weight excluding hydrogens is 489 g/mol. The average molecular weight is 514 g/mol. The predicted octanol–water partition coefficient (Wildman–Crippen LogP) is 4.14. The van der Waals surface area contributed by atoms with Gasteiger partial charge in [-0.15, -0.1) is 0 Å². The zero-order valence-electron chi connectivity index (χ0n) is 21.1. The number of carbonyl (C=O) groups is 2. The fraction of sp³-hybridized carbons (Fsp3) is 0.148. The highest BCUT2D eigenvalue weighted by molar-refractivity contribution is 6.08. The Kier molecular flexibility index (Phi) is 6.33. The molecule has 38 heavy (non-hydrogen) atoms. The van der Waals surface area contributed by atoms with Gasteiger partial charge in [0.1, 0.15) is 17.8 Å². The van der Waals surface area contributed by atoms with Gasteiger partial charge in [0, 0.05) is 37.6 Å². The van der Waals surface area contributed by atoms with E-state index in [0.29, 0.717) is 34.0 Å². The summed E-state index contributed by atoms with van der Waals surface area (Å²) in [5.74, 6) is -0.663. The first kappa shape index (κ1) is 24.6. The number of hydrogen-bond acceptors (Lipinski definition) is 6.